The molecule has 27 heavy (non-hydrogen) atoms. The smallest absolute Gasteiger partial charge is 0.336 e. The van der Waals surface area contributed by atoms with Gasteiger partial charge in [0, 0.05) is 19.4 Å². The first-order valence-electron chi connectivity index (χ1n) is 7.90. The Bertz CT molecular complexity index is 1010. The lowest BCUT2D eigenvalue weighted by Gasteiger charge is -2.19. The van der Waals surface area contributed by atoms with Gasteiger partial charge in [0.15, 0.2) is 0 Å². The highest BCUT2D eigenvalue weighted by Crippen LogP contribution is 2.30. The van der Waals surface area contributed by atoms with Gasteiger partial charge in [-0.1, -0.05) is 30.3 Å². The third kappa shape index (κ3) is 4.20. The first kappa shape index (κ1) is 19.1. The van der Waals surface area contributed by atoms with Crippen LogP contribution in [0.15, 0.2) is 71.9 Å². The maximum absolute atomic E-state index is 12.8. The summed E-state index contributed by atoms with van der Waals surface area (Å²) in [5, 5.41) is 0. The number of aromatic nitrogens is 2. The second kappa shape index (κ2) is 7.16. The summed E-state index contributed by atoms with van der Waals surface area (Å²) in [6.07, 6.45) is -1.31. The SMILES string of the molecule is Cn1ccnc1C(NS(=O)(=O)c1ccc(C(F)(F)F)cc1)c1ccccc1. The van der Waals surface area contributed by atoms with E-state index in [0.717, 1.165) is 24.3 Å². The van der Waals surface area contributed by atoms with Gasteiger partial charge in [0.25, 0.3) is 0 Å². The van der Waals surface area contributed by atoms with Crippen LogP contribution in [0, 0.1) is 0 Å². The number of hydrogen-bond donors (Lipinski definition) is 1. The number of nitrogens with one attached hydrogen (secondary N) is 1. The van der Waals surface area contributed by atoms with Gasteiger partial charge in [-0.25, -0.2) is 13.4 Å². The molecule has 0 saturated heterocycles. The van der Waals surface area contributed by atoms with E-state index in [1.807, 2.05) is 0 Å². The summed E-state index contributed by atoms with van der Waals surface area (Å²) in [4.78, 5) is 3.95. The maximum atomic E-state index is 12.8. The first-order chi connectivity index (χ1) is 12.7. The molecule has 5 nitrogen and oxygen atoms in total. The van der Waals surface area contributed by atoms with Crippen LogP contribution < -0.4 is 4.72 Å². The lowest BCUT2D eigenvalue weighted by molar-refractivity contribution is -0.137. The first-order valence-corrected chi connectivity index (χ1v) is 9.38. The molecule has 2 aromatic carbocycles. The van der Waals surface area contributed by atoms with Crippen molar-refractivity contribution in [1.82, 2.24) is 14.3 Å². The van der Waals surface area contributed by atoms with E-state index in [1.165, 1.54) is 6.20 Å². The molecule has 0 amide bonds. The highest BCUT2D eigenvalue weighted by Gasteiger charge is 2.31. The fourth-order valence-corrected chi connectivity index (χ4v) is 3.80. The van der Waals surface area contributed by atoms with Crippen LogP contribution in [0.3, 0.4) is 0 Å². The predicted octanol–water partition coefficient (Wildman–Crippen LogP) is 3.51. The molecule has 9 heteroatoms. The summed E-state index contributed by atoms with van der Waals surface area (Å²) in [6, 6.07) is 11.4. The molecule has 0 aliphatic carbocycles. The van der Waals surface area contributed by atoms with Crippen LogP contribution in [0.5, 0.6) is 0 Å². The Morgan fingerprint density at radius 1 is 1.04 bits per heavy atom. The Kier molecular flexibility index (Phi) is 5.07. The number of aryl methyl sites for hydroxylation is 1. The van der Waals surface area contributed by atoms with E-state index >= 15 is 0 Å². The number of benzene rings is 2. The van der Waals surface area contributed by atoms with Crippen molar-refractivity contribution in [3.63, 3.8) is 0 Å². The molecule has 1 unspecified atom stereocenters. The molecule has 1 atom stereocenters. The Labute approximate surface area is 154 Å². The molecule has 0 fully saturated rings. The number of nitrogens with zero attached hydrogens (tertiary/aromatic N) is 2. The molecule has 1 N–H and O–H groups in total. The second-order valence-electron chi connectivity index (χ2n) is 5.88. The average Bonchev–Trinajstić information content (AvgIpc) is 3.06. The van der Waals surface area contributed by atoms with E-state index in [-0.39, 0.29) is 4.90 Å². The molecule has 142 valence electrons. The molecular weight excluding hydrogens is 379 g/mol. The lowest BCUT2D eigenvalue weighted by Crippen LogP contribution is -2.31. The fourth-order valence-electron chi connectivity index (χ4n) is 2.62. The fraction of sp³-hybridized carbons (Fsp3) is 0.167. The topological polar surface area (TPSA) is 64.0 Å². The summed E-state index contributed by atoms with van der Waals surface area (Å²) < 4.78 is 67.8. The second-order valence-corrected chi connectivity index (χ2v) is 7.60. The number of sulfonamides is 1. The van der Waals surface area contributed by atoms with Crippen molar-refractivity contribution in [3.05, 3.63) is 83.9 Å². The zero-order chi connectivity index (χ0) is 19.7. The highest BCUT2D eigenvalue weighted by atomic mass is 32.2. The van der Waals surface area contributed by atoms with E-state index in [0.29, 0.717) is 11.4 Å². The van der Waals surface area contributed by atoms with Gasteiger partial charge in [0.2, 0.25) is 10.0 Å². The van der Waals surface area contributed by atoms with E-state index < -0.39 is 27.8 Å². The Morgan fingerprint density at radius 2 is 1.67 bits per heavy atom. The predicted molar refractivity (Wildman–Crippen MR) is 93.3 cm³/mol. The molecule has 0 saturated carbocycles. The standard InChI is InChI=1S/C18H16F3N3O2S/c1-24-12-11-22-17(24)16(13-5-3-2-4-6-13)23-27(25,26)15-9-7-14(8-10-15)18(19,20)21/h2-12,16,23H,1H3. The van der Waals surface area contributed by atoms with Crippen LogP contribution in [0.2, 0.25) is 0 Å². The van der Waals surface area contributed by atoms with Crippen molar-refractivity contribution in [2.24, 2.45) is 7.05 Å². The van der Waals surface area contributed by atoms with E-state index in [1.54, 1.807) is 48.1 Å². The van der Waals surface area contributed by atoms with Crippen molar-refractivity contribution in [3.8, 4) is 0 Å². The number of alkyl halides is 3. The van der Waals surface area contributed by atoms with Gasteiger partial charge in [0.1, 0.15) is 11.9 Å². The third-order valence-corrected chi connectivity index (χ3v) is 5.45. The van der Waals surface area contributed by atoms with Gasteiger partial charge in [-0.3, -0.25) is 0 Å². The quantitative estimate of drug-likeness (QED) is 0.719. The summed E-state index contributed by atoms with van der Waals surface area (Å²) in [5.74, 6) is 0.455. The molecule has 0 aliphatic heterocycles. The average molecular weight is 395 g/mol. The molecule has 3 aromatic rings. The largest absolute Gasteiger partial charge is 0.416 e. The summed E-state index contributed by atoms with van der Waals surface area (Å²) >= 11 is 0. The van der Waals surface area contributed by atoms with Crippen LogP contribution >= 0.6 is 0 Å². The van der Waals surface area contributed by atoms with Crippen molar-refractivity contribution in [2.45, 2.75) is 17.1 Å². The molecule has 3 rings (SSSR count). The van der Waals surface area contributed by atoms with Crippen LogP contribution in [0.4, 0.5) is 13.2 Å². The van der Waals surface area contributed by atoms with Gasteiger partial charge in [-0.2, -0.15) is 17.9 Å². The van der Waals surface area contributed by atoms with Crippen molar-refractivity contribution in [1.29, 1.82) is 0 Å². The van der Waals surface area contributed by atoms with Crippen molar-refractivity contribution in [2.75, 3.05) is 0 Å². The monoisotopic (exact) mass is 395 g/mol. The maximum Gasteiger partial charge on any atom is 0.416 e. The van der Waals surface area contributed by atoms with Crippen LogP contribution in [-0.2, 0) is 23.2 Å². The molecular formula is C18H16F3N3O2S. The van der Waals surface area contributed by atoms with Gasteiger partial charge in [-0.15, -0.1) is 0 Å². The highest BCUT2D eigenvalue weighted by molar-refractivity contribution is 7.89. The number of imidazole rings is 1. The zero-order valence-corrected chi connectivity index (χ0v) is 15.0. The summed E-state index contributed by atoms with van der Waals surface area (Å²) in [7, 11) is -2.36. The van der Waals surface area contributed by atoms with Gasteiger partial charge in [-0.05, 0) is 29.8 Å². The van der Waals surface area contributed by atoms with Crippen LogP contribution in [0.1, 0.15) is 23.0 Å². The normalized spacial score (nSPS) is 13.5. The minimum absolute atomic E-state index is 0.259. The third-order valence-electron chi connectivity index (χ3n) is 4.01. The molecule has 0 spiro atoms. The van der Waals surface area contributed by atoms with Crippen LogP contribution in [-0.4, -0.2) is 18.0 Å². The van der Waals surface area contributed by atoms with E-state index in [9.17, 15) is 21.6 Å². The Balaban J connectivity index is 1.97. The molecule has 1 heterocycles. The lowest BCUT2D eigenvalue weighted by atomic mass is 10.1. The van der Waals surface area contributed by atoms with Gasteiger partial charge < -0.3 is 4.57 Å². The number of hydrogen-bond acceptors (Lipinski definition) is 3. The summed E-state index contributed by atoms with van der Waals surface area (Å²) in [6.45, 7) is 0. The van der Waals surface area contributed by atoms with Crippen molar-refractivity contribution >= 4 is 10.0 Å². The minimum atomic E-state index is -4.53. The Morgan fingerprint density at radius 3 is 2.19 bits per heavy atom. The summed E-state index contributed by atoms with van der Waals surface area (Å²) in [5.41, 5.74) is -0.257. The van der Waals surface area contributed by atoms with E-state index in [4.69, 9.17) is 0 Å². The number of rotatable bonds is 5. The van der Waals surface area contributed by atoms with E-state index in [2.05, 4.69) is 9.71 Å². The Hall–Kier alpha value is -2.65. The van der Waals surface area contributed by atoms with Gasteiger partial charge >= 0.3 is 6.18 Å². The number of halogens is 3. The zero-order valence-electron chi connectivity index (χ0n) is 14.2. The van der Waals surface area contributed by atoms with Gasteiger partial charge in [0.05, 0.1) is 10.5 Å². The molecule has 0 radical (unpaired) electrons. The minimum Gasteiger partial charge on any atom is -0.336 e. The van der Waals surface area contributed by atoms with Crippen LogP contribution in [0.25, 0.3) is 0 Å². The molecule has 0 bridgehead atoms. The molecule has 0 aliphatic rings. The van der Waals surface area contributed by atoms with Crippen molar-refractivity contribution < 1.29 is 21.6 Å². The molecule has 1 aromatic heterocycles.